The molecule has 0 aliphatic carbocycles. The van der Waals surface area contributed by atoms with E-state index in [9.17, 15) is 4.79 Å². The molecule has 0 bridgehead atoms. The molecule has 1 saturated heterocycles. The van der Waals surface area contributed by atoms with Crippen molar-refractivity contribution in [2.45, 2.75) is 6.54 Å². The smallest absolute Gasteiger partial charge is 0.343 e. The molecule has 2 aromatic rings. The first-order chi connectivity index (χ1) is 11.2. The summed E-state index contributed by atoms with van der Waals surface area (Å²) in [6.07, 6.45) is 0. The van der Waals surface area contributed by atoms with Crippen molar-refractivity contribution < 1.29 is 9.53 Å². The molecule has 2 aromatic carbocycles. The molecule has 1 fully saturated rings. The molecule has 0 amide bonds. The highest BCUT2D eigenvalue weighted by Crippen LogP contribution is 2.14. The van der Waals surface area contributed by atoms with Crippen molar-refractivity contribution in [3.05, 3.63) is 65.7 Å². The maximum Gasteiger partial charge on any atom is 0.343 e. The molecule has 0 aromatic heterocycles. The van der Waals surface area contributed by atoms with E-state index >= 15 is 0 Å². The van der Waals surface area contributed by atoms with Crippen molar-refractivity contribution in [1.82, 2.24) is 9.80 Å². The van der Waals surface area contributed by atoms with Gasteiger partial charge in [-0.1, -0.05) is 30.3 Å². The Morgan fingerprint density at radius 2 is 1.61 bits per heavy atom. The van der Waals surface area contributed by atoms with Crippen LogP contribution in [0.3, 0.4) is 0 Å². The number of hydrogen-bond acceptors (Lipinski definition) is 4. The zero-order valence-electron chi connectivity index (χ0n) is 13.4. The van der Waals surface area contributed by atoms with Gasteiger partial charge in [0.05, 0.1) is 5.56 Å². The minimum absolute atomic E-state index is 0.317. The van der Waals surface area contributed by atoms with Gasteiger partial charge in [-0.15, -0.1) is 0 Å². The van der Waals surface area contributed by atoms with E-state index in [1.54, 1.807) is 12.1 Å². The van der Waals surface area contributed by atoms with Crippen molar-refractivity contribution >= 4 is 5.97 Å². The number of nitrogens with zero attached hydrogens (tertiary/aromatic N) is 2. The van der Waals surface area contributed by atoms with Crippen molar-refractivity contribution in [1.29, 1.82) is 0 Å². The van der Waals surface area contributed by atoms with Crippen LogP contribution in [0.15, 0.2) is 54.6 Å². The Labute approximate surface area is 137 Å². The van der Waals surface area contributed by atoms with E-state index in [1.807, 2.05) is 42.5 Å². The van der Waals surface area contributed by atoms with Gasteiger partial charge in [-0.05, 0) is 36.9 Å². The van der Waals surface area contributed by atoms with Gasteiger partial charge >= 0.3 is 5.97 Å². The third-order valence-electron chi connectivity index (χ3n) is 4.15. The third-order valence-corrected chi connectivity index (χ3v) is 4.15. The first kappa shape index (κ1) is 15.7. The number of benzene rings is 2. The normalized spacial score (nSPS) is 16.2. The van der Waals surface area contributed by atoms with Crippen LogP contribution < -0.4 is 4.74 Å². The number of ether oxygens (including phenoxy) is 1. The van der Waals surface area contributed by atoms with Crippen molar-refractivity contribution in [2.24, 2.45) is 0 Å². The molecule has 4 nitrogen and oxygen atoms in total. The lowest BCUT2D eigenvalue weighted by Crippen LogP contribution is -2.43. The van der Waals surface area contributed by atoms with Gasteiger partial charge in [0, 0.05) is 32.7 Å². The summed E-state index contributed by atoms with van der Waals surface area (Å²) in [4.78, 5) is 16.9. The second-order valence-electron chi connectivity index (χ2n) is 5.98. The van der Waals surface area contributed by atoms with Gasteiger partial charge in [-0.2, -0.15) is 0 Å². The molecule has 0 saturated carbocycles. The summed E-state index contributed by atoms with van der Waals surface area (Å²) >= 11 is 0. The molecule has 0 atom stereocenters. The van der Waals surface area contributed by atoms with E-state index in [2.05, 4.69) is 16.8 Å². The number of carbonyl (C=O) groups excluding carboxylic acids is 1. The Bertz CT molecular complexity index is 632. The first-order valence-corrected chi connectivity index (χ1v) is 7.98. The second-order valence-corrected chi connectivity index (χ2v) is 5.98. The Hall–Kier alpha value is -2.17. The summed E-state index contributed by atoms with van der Waals surface area (Å²) < 4.78 is 5.35. The van der Waals surface area contributed by atoms with E-state index in [0.717, 1.165) is 32.7 Å². The van der Waals surface area contributed by atoms with Gasteiger partial charge in [0.1, 0.15) is 5.75 Å². The fourth-order valence-corrected chi connectivity index (χ4v) is 2.66. The third kappa shape index (κ3) is 4.41. The fourth-order valence-electron chi connectivity index (χ4n) is 2.66. The molecule has 3 rings (SSSR count). The molecular formula is C19H22N2O2. The number of para-hydroxylation sites is 1. The van der Waals surface area contributed by atoms with Gasteiger partial charge in [-0.3, -0.25) is 4.90 Å². The van der Waals surface area contributed by atoms with Gasteiger partial charge in [0.2, 0.25) is 0 Å². The van der Waals surface area contributed by atoms with Gasteiger partial charge in [0.15, 0.2) is 0 Å². The van der Waals surface area contributed by atoms with Crippen LogP contribution in [0.25, 0.3) is 0 Å². The van der Waals surface area contributed by atoms with Crippen LogP contribution in [-0.2, 0) is 6.54 Å². The molecule has 0 N–H and O–H groups in total. The van der Waals surface area contributed by atoms with E-state index in [0.29, 0.717) is 11.3 Å². The van der Waals surface area contributed by atoms with Crippen LogP contribution in [0.5, 0.6) is 5.75 Å². The molecule has 1 aliphatic rings. The molecule has 1 heterocycles. The monoisotopic (exact) mass is 310 g/mol. The Balaban J connectivity index is 1.57. The minimum Gasteiger partial charge on any atom is -0.423 e. The molecule has 23 heavy (non-hydrogen) atoms. The minimum atomic E-state index is -0.317. The predicted octanol–water partition coefficient (Wildman–Crippen LogP) is 2.65. The Kier molecular flexibility index (Phi) is 5.05. The van der Waals surface area contributed by atoms with Crippen molar-refractivity contribution in [2.75, 3.05) is 33.2 Å². The first-order valence-electron chi connectivity index (χ1n) is 7.98. The largest absolute Gasteiger partial charge is 0.423 e. The van der Waals surface area contributed by atoms with Gasteiger partial charge in [-0.25, -0.2) is 4.79 Å². The number of esters is 1. The zero-order valence-corrected chi connectivity index (χ0v) is 13.4. The summed E-state index contributed by atoms with van der Waals surface area (Å²) in [7, 11) is 2.16. The molecule has 0 spiro atoms. The average Bonchev–Trinajstić information content (AvgIpc) is 2.58. The highest BCUT2D eigenvalue weighted by Gasteiger charge is 2.14. The number of piperazine rings is 1. The lowest BCUT2D eigenvalue weighted by atomic mass is 10.1. The van der Waals surface area contributed by atoms with Crippen LogP contribution >= 0.6 is 0 Å². The van der Waals surface area contributed by atoms with Crippen molar-refractivity contribution in [3.8, 4) is 5.75 Å². The van der Waals surface area contributed by atoms with Crippen LogP contribution in [-0.4, -0.2) is 49.0 Å². The summed E-state index contributed by atoms with van der Waals surface area (Å²) in [6.45, 7) is 5.34. The summed E-state index contributed by atoms with van der Waals surface area (Å²) in [6, 6.07) is 16.9. The molecule has 0 radical (unpaired) electrons. The van der Waals surface area contributed by atoms with E-state index in [1.165, 1.54) is 5.56 Å². The number of hydrogen-bond donors (Lipinski definition) is 0. The van der Waals surface area contributed by atoms with Crippen LogP contribution in [0.1, 0.15) is 15.9 Å². The molecule has 0 unspecified atom stereocenters. The number of carbonyl (C=O) groups is 1. The fraction of sp³-hybridized carbons (Fsp3) is 0.316. The molecule has 120 valence electrons. The van der Waals surface area contributed by atoms with Crippen LogP contribution in [0.2, 0.25) is 0 Å². The van der Waals surface area contributed by atoms with E-state index in [-0.39, 0.29) is 5.97 Å². The highest BCUT2D eigenvalue weighted by atomic mass is 16.5. The Morgan fingerprint density at radius 3 is 2.26 bits per heavy atom. The summed E-state index contributed by atoms with van der Waals surface area (Å²) in [5, 5.41) is 0. The maximum absolute atomic E-state index is 12.1. The number of rotatable bonds is 4. The van der Waals surface area contributed by atoms with Crippen LogP contribution in [0, 0.1) is 0 Å². The number of likely N-dealkylation sites (N-methyl/N-ethyl adjacent to an activating group) is 1. The lowest BCUT2D eigenvalue weighted by molar-refractivity contribution is 0.0734. The standard InChI is InChI=1S/C19H22N2O2/c1-20-11-13-21(14-12-20)15-16-7-9-17(10-8-16)19(22)23-18-5-3-2-4-6-18/h2-10H,11-15H2,1H3. The van der Waals surface area contributed by atoms with Crippen LogP contribution in [0.4, 0.5) is 0 Å². The highest BCUT2D eigenvalue weighted by molar-refractivity contribution is 5.91. The van der Waals surface area contributed by atoms with E-state index < -0.39 is 0 Å². The lowest BCUT2D eigenvalue weighted by Gasteiger charge is -2.32. The Morgan fingerprint density at radius 1 is 0.957 bits per heavy atom. The SMILES string of the molecule is CN1CCN(Cc2ccc(C(=O)Oc3ccccc3)cc2)CC1. The summed E-state index contributed by atoms with van der Waals surface area (Å²) in [5.41, 5.74) is 1.81. The molecule has 1 aliphatic heterocycles. The molecule has 4 heteroatoms. The second kappa shape index (κ2) is 7.40. The van der Waals surface area contributed by atoms with Gasteiger partial charge in [0.25, 0.3) is 0 Å². The zero-order chi connectivity index (χ0) is 16.1. The van der Waals surface area contributed by atoms with Crippen molar-refractivity contribution in [3.63, 3.8) is 0 Å². The maximum atomic E-state index is 12.1. The van der Waals surface area contributed by atoms with E-state index in [4.69, 9.17) is 4.74 Å². The average molecular weight is 310 g/mol. The predicted molar refractivity (Wildman–Crippen MR) is 90.6 cm³/mol. The summed E-state index contributed by atoms with van der Waals surface area (Å²) in [5.74, 6) is 0.251. The topological polar surface area (TPSA) is 32.8 Å². The van der Waals surface area contributed by atoms with Gasteiger partial charge < -0.3 is 9.64 Å². The molecular weight excluding hydrogens is 288 g/mol. The quantitative estimate of drug-likeness (QED) is 0.642.